The molecule has 0 bridgehead atoms. The minimum Gasteiger partial charge on any atom is -0.384 e. The second-order valence-corrected chi connectivity index (χ2v) is 7.28. The van der Waals surface area contributed by atoms with Crippen LogP contribution in [-0.2, 0) is 6.42 Å². The lowest BCUT2D eigenvalue weighted by atomic mass is 10.1. The van der Waals surface area contributed by atoms with Crippen molar-refractivity contribution in [1.82, 2.24) is 5.32 Å². The van der Waals surface area contributed by atoms with Crippen LogP contribution in [0.15, 0.2) is 42.5 Å². The zero-order valence-electron chi connectivity index (χ0n) is 15.2. The Kier molecular flexibility index (Phi) is 5.93. The van der Waals surface area contributed by atoms with E-state index in [2.05, 4.69) is 16.0 Å². The van der Waals surface area contributed by atoms with Gasteiger partial charge in [-0.2, -0.15) is 0 Å². The van der Waals surface area contributed by atoms with E-state index >= 15 is 0 Å². The van der Waals surface area contributed by atoms with Gasteiger partial charge in [0.15, 0.2) is 0 Å². The maximum Gasteiger partial charge on any atom is 0.255 e. The third kappa shape index (κ3) is 4.76. The molecule has 6 heteroatoms. The number of nitrogens with one attached hydrogen (secondary N) is 3. The van der Waals surface area contributed by atoms with Crippen LogP contribution in [0.1, 0.15) is 47.1 Å². The smallest absolute Gasteiger partial charge is 0.255 e. The number of carbonyl (C=O) groups is 2. The molecular formula is C20H24ClN3O2. The van der Waals surface area contributed by atoms with Gasteiger partial charge in [0.1, 0.15) is 0 Å². The van der Waals surface area contributed by atoms with Crippen molar-refractivity contribution in [1.29, 1.82) is 0 Å². The quantitative estimate of drug-likeness (QED) is 0.765. The van der Waals surface area contributed by atoms with Crippen LogP contribution in [0.4, 0.5) is 11.4 Å². The zero-order valence-corrected chi connectivity index (χ0v) is 16.0. The molecule has 3 rings (SSSR count). The van der Waals surface area contributed by atoms with E-state index in [0.717, 1.165) is 18.7 Å². The molecular weight excluding hydrogens is 350 g/mol. The summed E-state index contributed by atoms with van der Waals surface area (Å²) in [5.74, 6) is -0.280. The van der Waals surface area contributed by atoms with Crippen LogP contribution in [-0.4, -0.2) is 23.9 Å². The van der Waals surface area contributed by atoms with Crippen LogP contribution < -0.4 is 16.0 Å². The molecule has 0 spiro atoms. The van der Waals surface area contributed by atoms with E-state index in [1.807, 2.05) is 39.0 Å². The highest BCUT2D eigenvalue weighted by Gasteiger charge is 2.16. The van der Waals surface area contributed by atoms with Crippen LogP contribution >= 0.6 is 12.4 Å². The minimum absolute atomic E-state index is 0. The summed E-state index contributed by atoms with van der Waals surface area (Å²) in [6.45, 7) is 6.72. The van der Waals surface area contributed by atoms with Crippen molar-refractivity contribution in [3.8, 4) is 0 Å². The van der Waals surface area contributed by atoms with E-state index in [9.17, 15) is 9.59 Å². The lowest BCUT2D eigenvalue weighted by Crippen LogP contribution is -2.40. The summed E-state index contributed by atoms with van der Waals surface area (Å²) in [6.07, 6.45) is 0.939. The Balaban J connectivity index is 0.00000243. The second kappa shape index (κ2) is 7.79. The van der Waals surface area contributed by atoms with E-state index in [1.165, 1.54) is 5.56 Å². The molecule has 1 heterocycles. The number of hydrogen-bond acceptors (Lipinski definition) is 3. The molecule has 138 valence electrons. The maximum absolute atomic E-state index is 12.4. The third-order valence-electron chi connectivity index (χ3n) is 3.97. The Morgan fingerprint density at radius 1 is 0.962 bits per heavy atom. The molecule has 0 aliphatic carbocycles. The molecule has 0 atom stereocenters. The van der Waals surface area contributed by atoms with Gasteiger partial charge in [-0.15, -0.1) is 12.4 Å². The van der Waals surface area contributed by atoms with Gasteiger partial charge in [-0.3, -0.25) is 9.59 Å². The lowest BCUT2D eigenvalue weighted by molar-refractivity contribution is 0.0919. The second-order valence-electron chi connectivity index (χ2n) is 7.28. The Morgan fingerprint density at radius 2 is 1.62 bits per heavy atom. The average molecular weight is 374 g/mol. The van der Waals surface area contributed by atoms with Crippen molar-refractivity contribution in [3.63, 3.8) is 0 Å². The van der Waals surface area contributed by atoms with Gasteiger partial charge in [-0.25, -0.2) is 0 Å². The number of amides is 2. The van der Waals surface area contributed by atoms with Crippen molar-refractivity contribution in [3.05, 3.63) is 59.2 Å². The van der Waals surface area contributed by atoms with E-state index in [0.29, 0.717) is 16.8 Å². The van der Waals surface area contributed by atoms with Gasteiger partial charge >= 0.3 is 0 Å². The first-order chi connectivity index (χ1) is 11.8. The van der Waals surface area contributed by atoms with Gasteiger partial charge < -0.3 is 16.0 Å². The molecule has 2 amide bonds. The molecule has 1 aliphatic heterocycles. The number of halogens is 1. The Hall–Kier alpha value is -2.53. The fraction of sp³-hybridized carbons (Fsp3) is 0.300. The molecule has 2 aromatic rings. The Bertz CT molecular complexity index is 811. The monoisotopic (exact) mass is 373 g/mol. The Labute approximate surface area is 160 Å². The van der Waals surface area contributed by atoms with Crippen LogP contribution in [0, 0.1) is 0 Å². The normalized spacial score (nSPS) is 12.4. The van der Waals surface area contributed by atoms with Crippen molar-refractivity contribution < 1.29 is 9.59 Å². The Morgan fingerprint density at radius 3 is 2.27 bits per heavy atom. The van der Waals surface area contributed by atoms with E-state index < -0.39 is 0 Å². The first-order valence-corrected chi connectivity index (χ1v) is 8.42. The summed E-state index contributed by atoms with van der Waals surface area (Å²) >= 11 is 0. The van der Waals surface area contributed by atoms with Crippen molar-refractivity contribution in [2.75, 3.05) is 17.2 Å². The van der Waals surface area contributed by atoms with Crippen LogP contribution in [0.3, 0.4) is 0 Å². The lowest BCUT2D eigenvalue weighted by Gasteiger charge is -2.20. The van der Waals surface area contributed by atoms with Gasteiger partial charge in [0.2, 0.25) is 0 Å². The highest BCUT2D eigenvalue weighted by Crippen LogP contribution is 2.23. The van der Waals surface area contributed by atoms with Crippen LogP contribution in [0.25, 0.3) is 0 Å². The zero-order chi connectivity index (χ0) is 18.0. The largest absolute Gasteiger partial charge is 0.384 e. The van der Waals surface area contributed by atoms with Crippen LogP contribution in [0.2, 0.25) is 0 Å². The first kappa shape index (κ1) is 19.8. The third-order valence-corrected chi connectivity index (χ3v) is 3.97. The summed E-state index contributed by atoms with van der Waals surface area (Å²) in [4.78, 5) is 24.5. The summed E-state index contributed by atoms with van der Waals surface area (Å²) in [5.41, 5.74) is 3.85. The number of benzene rings is 2. The number of hydrogen-bond donors (Lipinski definition) is 3. The minimum atomic E-state index is -0.285. The molecule has 5 nitrogen and oxygen atoms in total. The molecule has 1 aliphatic rings. The highest BCUT2D eigenvalue weighted by atomic mass is 35.5. The predicted octanol–water partition coefficient (Wildman–Crippen LogP) is 3.86. The van der Waals surface area contributed by atoms with Crippen molar-refractivity contribution >= 4 is 35.6 Å². The van der Waals surface area contributed by atoms with Gasteiger partial charge in [-0.05, 0) is 75.2 Å². The fourth-order valence-electron chi connectivity index (χ4n) is 2.77. The van der Waals surface area contributed by atoms with Crippen molar-refractivity contribution in [2.45, 2.75) is 32.7 Å². The summed E-state index contributed by atoms with van der Waals surface area (Å²) in [5, 5.41) is 9.07. The summed E-state index contributed by atoms with van der Waals surface area (Å²) in [7, 11) is 0. The topological polar surface area (TPSA) is 70.2 Å². The van der Waals surface area contributed by atoms with Gasteiger partial charge in [0, 0.05) is 34.6 Å². The maximum atomic E-state index is 12.4. The number of fused-ring (bicyclic) bond motifs is 1. The van der Waals surface area contributed by atoms with E-state index in [4.69, 9.17) is 0 Å². The van der Waals surface area contributed by atoms with E-state index in [-0.39, 0.29) is 29.8 Å². The molecule has 26 heavy (non-hydrogen) atoms. The first-order valence-electron chi connectivity index (χ1n) is 8.42. The summed E-state index contributed by atoms with van der Waals surface area (Å²) < 4.78 is 0. The van der Waals surface area contributed by atoms with Crippen molar-refractivity contribution in [2.24, 2.45) is 0 Å². The van der Waals surface area contributed by atoms with Gasteiger partial charge in [-0.1, -0.05) is 0 Å². The molecule has 0 fully saturated rings. The molecule has 2 aromatic carbocycles. The predicted molar refractivity (Wildman–Crippen MR) is 107 cm³/mol. The molecule has 0 aromatic heterocycles. The number of rotatable bonds is 3. The van der Waals surface area contributed by atoms with E-state index in [1.54, 1.807) is 24.3 Å². The molecule has 0 saturated carbocycles. The SMILES string of the molecule is CC(C)(C)NC(=O)c1ccc(NC(=O)c2ccc3c(c2)CCN3)cc1.Cl. The molecule has 3 N–H and O–H groups in total. The molecule has 0 radical (unpaired) electrons. The standard InChI is InChI=1S/C20H23N3O2.ClH/c1-20(2,3)23-19(25)13-4-7-16(8-5-13)22-18(24)15-6-9-17-14(12-15)10-11-21-17;/h4-9,12,21H,10-11H2,1-3H3,(H,22,24)(H,23,25);1H. The highest BCUT2D eigenvalue weighted by molar-refractivity contribution is 6.05. The average Bonchev–Trinajstić information content (AvgIpc) is 3.01. The fourth-order valence-corrected chi connectivity index (χ4v) is 2.77. The van der Waals surface area contributed by atoms with Gasteiger partial charge in [0.05, 0.1) is 0 Å². The number of carbonyl (C=O) groups excluding carboxylic acids is 2. The van der Waals surface area contributed by atoms with Crippen LogP contribution in [0.5, 0.6) is 0 Å². The molecule has 0 unspecified atom stereocenters. The number of anilines is 2. The summed E-state index contributed by atoms with van der Waals surface area (Å²) in [6, 6.07) is 12.6. The molecule has 0 saturated heterocycles. The van der Waals surface area contributed by atoms with Gasteiger partial charge in [0.25, 0.3) is 11.8 Å².